The molecule has 0 amide bonds. The quantitative estimate of drug-likeness (QED) is 0.370. The van der Waals surface area contributed by atoms with Crippen molar-refractivity contribution in [1.82, 2.24) is 0 Å². The summed E-state index contributed by atoms with van der Waals surface area (Å²) in [5, 5.41) is 19.7. The molecule has 0 aliphatic rings. The summed E-state index contributed by atoms with van der Waals surface area (Å²) in [7, 11) is 0. The number of carbonyl (C=O) groups is 1. The van der Waals surface area contributed by atoms with Crippen LogP contribution >= 0.6 is 11.6 Å². The van der Waals surface area contributed by atoms with Crippen LogP contribution in [-0.4, -0.2) is 22.8 Å². The van der Waals surface area contributed by atoms with Crippen molar-refractivity contribution in [3.05, 3.63) is 68.7 Å². The summed E-state index contributed by atoms with van der Waals surface area (Å²) in [6.45, 7) is -0.108. The van der Waals surface area contributed by atoms with Crippen molar-refractivity contribution in [2.45, 2.75) is 13.0 Å². The van der Waals surface area contributed by atoms with E-state index in [1.54, 1.807) is 18.2 Å². The first kappa shape index (κ1) is 17.7. The molecular formula is C16H14ClNO6. The molecule has 0 saturated carbocycles. The van der Waals surface area contributed by atoms with Gasteiger partial charge in [-0.1, -0.05) is 29.8 Å². The Hall–Kier alpha value is -2.64. The van der Waals surface area contributed by atoms with E-state index in [0.717, 1.165) is 5.56 Å². The molecule has 0 bridgehead atoms. The third kappa shape index (κ3) is 4.94. The van der Waals surface area contributed by atoms with E-state index in [2.05, 4.69) is 0 Å². The van der Waals surface area contributed by atoms with Gasteiger partial charge in [0.25, 0.3) is 5.69 Å². The Bertz CT molecular complexity index is 732. The minimum atomic E-state index is -0.907. The van der Waals surface area contributed by atoms with Crippen LogP contribution in [0.5, 0.6) is 5.75 Å². The molecule has 0 unspecified atom stereocenters. The molecule has 2 rings (SSSR count). The van der Waals surface area contributed by atoms with Gasteiger partial charge >= 0.3 is 6.16 Å². The summed E-state index contributed by atoms with van der Waals surface area (Å²) in [4.78, 5) is 21.7. The van der Waals surface area contributed by atoms with Crippen LogP contribution in [0.15, 0.2) is 42.5 Å². The Labute approximate surface area is 142 Å². The van der Waals surface area contributed by atoms with Gasteiger partial charge in [0.15, 0.2) is 5.75 Å². The highest BCUT2D eigenvalue weighted by Gasteiger charge is 2.10. The zero-order valence-electron chi connectivity index (χ0n) is 12.5. The van der Waals surface area contributed by atoms with Crippen molar-refractivity contribution in [3.8, 4) is 5.75 Å². The summed E-state index contributed by atoms with van der Waals surface area (Å²) in [6.07, 6.45) is -0.514. The standard InChI is InChI=1S/C16H14ClNO6/c17-14-9-12(10-19)3-6-15(14)24-16(20)23-8-7-11-1-4-13(5-2-11)18(21)22/h1-6,9,19H,7-8,10H2. The van der Waals surface area contributed by atoms with E-state index in [9.17, 15) is 14.9 Å². The van der Waals surface area contributed by atoms with Crippen molar-refractivity contribution >= 4 is 23.4 Å². The molecule has 0 radical (unpaired) electrons. The van der Waals surface area contributed by atoms with Crippen molar-refractivity contribution in [2.24, 2.45) is 0 Å². The molecule has 0 aliphatic heterocycles. The van der Waals surface area contributed by atoms with E-state index in [4.69, 9.17) is 26.2 Å². The maximum Gasteiger partial charge on any atom is 0.513 e. The minimum Gasteiger partial charge on any atom is -0.434 e. The van der Waals surface area contributed by atoms with Crippen LogP contribution in [0, 0.1) is 10.1 Å². The number of rotatable bonds is 6. The molecule has 0 aliphatic carbocycles. The van der Waals surface area contributed by atoms with E-state index < -0.39 is 11.1 Å². The Kier molecular flexibility index (Phi) is 6.11. The highest BCUT2D eigenvalue weighted by molar-refractivity contribution is 6.32. The molecule has 0 fully saturated rings. The first-order valence-corrected chi connectivity index (χ1v) is 7.34. The second kappa shape index (κ2) is 8.28. The van der Waals surface area contributed by atoms with E-state index in [0.29, 0.717) is 12.0 Å². The Morgan fingerprint density at radius 2 is 1.83 bits per heavy atom. The molecule has 0 atom stereocenters. The summed E-state index contributed by atoms with van der Waals surface area (Å²) in [6, 6.07) is 10.5. The Morgan fingerprint density at radius 3 is 2.42 bits per heavy atom. The third-order valence-electron chi connectivity index (χ3n) is 3.13. The summed E-state index contributed by atoms with van der Waals surface area (Å²) in [5.74, 6) is 0.134. The number of benzene rings is 2. The van der Waals surface area contributed by atoms with Crippen LogP contribution in [0.25, 0.3) is 0 Å². The van der Waals surface area contributed by atoms with Crippen molar-refractivity contribution in [3.63, 3.8) is 0 Å². The number of non-ortho nitro benzene ring substituents is 1. The monoisotopic (exact) mass is 351 g/mol. The molecule has 2 aromatic rings. The van der Waals surface area contributed by atoms with Gasteiger partial charge in [0.05, 0.1) is 23.2 Å². The lowest BCUT2D eigenvalue weighted by Crippen LogP contribution is -2.13. The average molecular weight is 352 g/mol. The lowest BCUT2D eigenvalue weighted by Gasteiger charge is -2.08. The zero-order valence-corrected chi connectivity index (χ0v) is 13.2. The number of ether oxygens (including phenoxy) is 2. The first-order valence-electron chi connectivity index (χ1n) is 6.97. The van der Waals surface area contributed by atoms with Crippen molar-refractivity contribution in [2.75, 3.05) is 6.61 Å². The van der Waals surface area contributed by atoms with Crippen LogP contribution in [0.4, 0.5) is 10.5 Å². The molecular weight excluding hydrogens is 338 g/mol. The van der Waals surface area contributed by atoms with Crippen LogP contribution in [0.2, 0.25) is 5.02 Å². The molecule has 1 N–H and O–H groups in total. The van der Waals surface area contributed by atoms with Gasteiger partial charge in [0, 0.05) is 18.6 Å². The lowest BCUT2D eigenvalue weighted by atomic mass is 10.1. The van der Waals surface area contributed by atoms with Crippen molar-refractivity contribution < 1.29 is 24.3 Å². The number of hydrogen-bond donors (Lipinski definition) is 1. The SMILES string of the molecule is O=C(OCCc1ccc([N+](=O)[O-])cc1)Oc1ccc(CO)cc1Cl. The van der Waals surface area contributed by atoms with Gasteiger partial charge in [-0.05, 0) is 23.3 Å². The predicted molar refractivity (Wildman–Crippen MR) is 86.2 cm³/mol. The fourth-order valence-corrected chi connectivity index (χ4v) is 2.12. The first-order chi connectivity index (χ1) is 11.5. The van der Waals surface area contributed by atoms with Crippen LogP contribution in [0.3, 0.4) is 0 Å². The van der Waals surface area contributed by atoms with E-state index in [1.165, 1.54) is 24.3 Å². The average Bonchev–Trinajstić information content (AvgIpc) is 2.57. The number of hydrogen-bond acceptors (Lipinski definition) is 6. The van der Waals surface area contributed by atoms with E-state index >= 15 is 0 Å². The van der Waals surface area contributed by atoms with Crippen LogP contribution < -0.4 is 4.74 Å². The maximum absolute atomic E-state index is 11.6. The van der Waals surface area contributed by atoms with Gasteiger partial charge in [-0.2, -0.15) is 0 Å². The van der Waals surface area contributed by atoms with Crippen LogP contribution in [-0.2, 0) is 17.8 Å². The second-order valence-electron chi connectivity index (χ2n) is 4.80. The van der Waals surface area contributed by atoms with E-state index in [-0.39, 0.29) is 29.7 Å². The molecule has 0 saturated heterocycles. The molecule has 126 valence electrons. The summed E-state index contributed by atoms with van der Waals surface area (Å²) < 4.78 is 9.91. The smallest absolute Gasteiger partial charge is 0.434 e. The summed E-state index contributed by atoms with van der Waals surface area (Å²) >= 11 is 5.92. The number of aliphatic hydroxyl groups excluding tert-OH is 1. The number of nitro benzene ring substituents is 1. The number of carbonyl (C=O) groups excluding carboxylic acids is 1. The highest BCUT2D eigenvalue weighted by Crippen LogP contribution is 2.25. The molecule has 0 aromatic heterocycles. The molecule has 0 spiro atoms. The predicted octanol–water partition coefficient (Wildman–Crippen LogP) is 3.50. The second-order valence-corrected chi connectivity index (χ2v) is 5.20. The zero-order chi connectivity index (χ0) is 17.5. The van der Waals surface area contributed by atoms with Crippen molar-refractivity contribution in [1.29, 1.82) is 0 Å². The van der Waals surface area contributed by atoms with Gasteiger partial charge in [0.1, 0.15) is 0 Å². The third-order valence-corrected chi connectivity index (χ3v) is 3.43. The van der Waals surface area contributed by atoms with Gasteiger partial charge < -0.3 is 14.6 Å². The molecule has 8 heteroatoms. The van der Waals surface area contributed by atoms with Gasteiger partial charge in [-0.25, -0.2) is 4.79 Å². The minimum absolute atomic E-state index is 0.0000427. The topological polar surface area (TPSA) is 98.9 Å². The number of aliphatic hydroxyl groups is 1. The Balaban J connectivity index is 1.82. The van der Waals surface area contributed by atoms with Crippen LogP contribution in [0.1, 0.15) is 11.1 Å². The van der Waals surface area contributed by atoms with Gasteiger partial charge in [-0.15, -0.1) is 0 Å². The number of nitrogens with zero attached hydrogens (tertiary/aromatic N) is 1. The molecule has 24 heavy (non-hydrogen) atoms. The van der Waals surface area contributed by atoms with Gasteiger partial charge in [-0.3, -0.25) is 10.1 Å². The molecule has 7 nitrogen and oxygen atoms in total. The normalized spacial score (nSPS) is 10.2. The fourth-order valence-electron chi connectivity index (χ4n) is 1.88. The number of nitro groups is 1. The fraction of sp³-hybridized carbons (Fsp3) is 0.188. The van der Waals surface area contributed by atoms with E-state index in [1.807, 2.05) is 0 Å². The number of halogens is 1. The molecule has 0 heterocycles. The lowest BCUT2D eigenvalue weighted by molar-refractivity contribution is -0.384. The van der Waals surface area contributed by atoms with Gasteiger partial charge in [0.2, 0.25) is 0 Å². The summed E-state index contributed by atoms with van der Waals surface area (Å²) in [5.41, 5.74) is 1.39. The largest absolute Gasteiger partial charge is 0.513 e. The highest BCUT2D eigenvalue weighted by atomic mass is 35.5. The Morgan fingerprint density at radius 1 is 1.17 bits per heavy atom. The molecule has 2 aromatic carbocycles. The maximum atomic E-state index is 11.6.